The second-order valence-electron chi connectivity index (χ2n) is 1.32. The minimum atomic E-state index is -3.19. The van der Waals surface area contributed by atoms with E-state index < -0.39 is 53.0 Å². The van der Waals surface area contributed by atoms with E-state index in [1.165, 1.54) is 0 Å². The first-order valence-electron chi connectivity index (χ1n) is 2.73. The molecule has 0 amide bonds. The van der Waals surface area contributed by atoms with Crippen LogP contribution in [0.5, 0.6) is 0 Å². The Kier molecular flexibility index (Phi) is 133. The summed E-state index contributed by atoms with van der Waals surface area (Å²) in [4.78, 5) is 9.00. The summed E-state index contributed by atoms with van der Waals surface area (Å²) in [5, 5.41) is 7.42. The Balaban J connectivity index is -0.0000000121. The van der Waals surface area contributed by atoms with Crippen molar-refractivity contribution in [2.75, 3.05) is 0 Å². The van der Waals surface area contributed by atoms with Crippen molar-refractivity contribution in [1.82, 2.24) is 0 Å². The van der Waals surface area contributed by atoms with Gasteiger partial charge in [0.1, 0.15) is 0 Å². The molecule has 0 aromatic rings. The third-order valence-electron chi connectivity index (χ3n) is 0. The monoisotopic (exact) mass is 752 g/mol. The van der Waals surface area contributed by atoms with Gasteiger partial charge in [0.2, 0.25) is 0 Å². The van der Waals surface area contributed by atoms with Crippen molar-refractivity contribution in [1.29, 1.82) is 0 Å². The van der Waals surface area contributed by atoms with Crippen molar-refractivity contribution in [3.63, 3.8) is 0 Å². The number of hydrogen-bond donors (Lipinski definition) is 10. The number of carboxylic acid groups (broad SMARTS) is 1. The van der Waals surface area contributed by atoms with Gasteiger partial charge in [0.15, 0.2) is 0 Å². The third-order valence-corrected chi connectivity index (χ3v) is 0. The number of aliphatic carboxylic acids is 1. The van der Waals surface area contributed by atoms with Crippen LogP contribution in [-0.4, -0.2) is 95.0 Å². The molecular formula is C2H13As3Cu5O11. The molecule has 21 heavy (non-hydrogen) atoms. The van der Waals surface area contributed by atoms with Gasteiger partial charge in [-0.05, 0) is 0 Å². The Bertz CT molecular complexity index is 116. The van der Waals surface area contributed by atoms with Crippen molar-refractivity contribution in [3.8, 4) is 0 Å². The molecule has 0 aromatic heterocycles. The zero-order valence-corrected chi connectivity index (χ0v) is 19.6. The van der Waals surface area contributed by atoms with Crippen LogP contribution < -0.4 is 0 Å². The van der Waals surface area contributed by atoms with Crippen molar-refractivity contribution in [2.45, 2.75) is 6.92 Å². The maximum atomic E-state index is 9.00. The van der Waals surface area contributed by atoms with Gasteiger partial charge in [0.05, 0.1) is 0 Å². The van der Waals surface area contributed by atoms with E-state index in [1.807, 2.05) is 0 Å². The Morgan fingerprint density at radius 1 is 0.571 bits per heavy atom. The van der Waals surface area contributed by atoms with E-state index in [0.717, 1.165) is 6.92 Å². The van der Waals surface area contributed by atoms with Crippen LogP contribution in [0.3, 0.4) is 0 Å². The molecule has 0 bridgehead atoms. The van der Waals surface area contributed by atoms with E-state index in [-0.39, 0.29) is 85.3 Å². The summed E-state index contributed by atoms with van der Waals surface area (Å²) in [5.41, 5.74) is 0. The van der Waals surface area contributed by atoms with Gasteiger partial charge in [-0.1, -0.05) is 0 Å². The fourth-order valence-electron chi connectivity index (χ4n) is 0. The number of hydrogen-bond acceptors (Lipinski definition) is 10. The summed E-state index contributed by atoms with van der Waals surface area (Å²) in [5.74, 6) is -0.833. The molecule has 157 valence electrons. The Hall–Kier alpha value is 3.38. The topological polar surface area (TPSA) is 219 Å². The van der Waals surface area contributed by atoms with Gasteiger partial charge in [-0.15, -0.1) is 0 Å². The molecule has 10 N–H and O–H groups in total. The second-order valence-corrected chi connectivity index (χ2v) is 4.70. The first-order valence-corrected chi connectivity index (χ1v) is 10.3. The Morgan fingerprint density at radius 3 is 0.571 bits per heavy atom. The fraction of sp³-hybridized carbons (Fsp3) is 0.500. The molecule has 0 aliphatic carbocycles. The average molecular weight is 756 g/mol. The first kappa shape index (κ1) is 56.3. The first-order chi connectivity index (χ1) is 6.93. The van der Waals surface area contributed by atoms with E-state index in [9.17, 15) is 0 Å². The van der Waals surface area contributed by atoms with Crippen LogP contribution in [-0.2, 0) is 90.1 Å². The molecule has 0 fully saturated rings. The number of carbonyl (C=O) groups is 1. The van der Waals surface area contributed by atoms with Crippen LogP contribution in [0.4, 0.5) is 0 Å². The zero-order chi connectivity index (χ0) is 14.3. The van der Waals surface area contributed by atoms with Gasteiger partial charge in [-0.2, -0.15) is 0 Å². The standard InChI is InChI=1S/C2H4O2.3AsH3O3.5Cu/c1-2(3)4;3*2-1(3)4;;;;;/h1H3,(H,3,4);3*2-4H;;;;;. The van der Waals surface area contributed by atoms with Crippen LogP contribution in [0.2, 0.25) is 0 Å². The predicted molar refractivity (Wildman–Crippen MR) is 50.5 cm³/mol. The molecule has 0 aromatic carbocycles. The minimum absolute atomic E-state index is 0. The molecule has 5 radical (unpaired) electrons. The predicted octanol–water partition coefficient (Wildman–Crippen LogP) is -6.08. The largest absolute Gasteiger partial charge is 0 e. The Labute approximate surface area is 189 Å². The summed E-state index contributed by atoms with van der Waals surface area (Å²) in [7, 11) is 0. The van der Waals surface area contributed by atoms with Gasteiger partial charge >= 0.3 is 83.9 Å². The maximum absolute atomic E-state index is 9.00. The average Bonchev–Trinajstić information content (AvgIpc) is 1.76. The smallest absolute Gasteiger partial charge is 0 e. The Morgan fingerprint density at radius 2 is 0.571 bits per heavy atom. The zero-order valence-electron chi connectivity index (χ0n) is 9.23. The van der Waals surface area contributed by atoms with E-state index in [4.69, 9.17) is 46.8 Å². The van der Waals surface area contributed by atoms with Crippen molar-refractivity contribution in [3.05, 3.63) is 0 Å². The minimum Gasteiger partial charge on any atom is 0 e. The molecule has 0 unspecified atom stereocenters. The molecule has 0 saturated heterocycles. The van der Waals surface area contributed by atoms with E-state index in [0.29, 0.717) is 0 Å². The van der Waals surface area contributed by atoms with Gasteiger partial charge in [0.25, 0.3) is 5.97 Å². The molecule has 11 nitrogen and oxygen atoms in total. The third kappa shape index (κ3) is 934. The van der Waals surface area contributed by atoms with Crippen LogP contribution in [0.1, 0.15) is 6.92 Å². The quantitative estimate of drug-likeness (QED) is 0.105. The molecule has 0 aliphatic rings. The molecule has 0 spiro atoms. The van der Waals surface area contributed by atoms with Gasteiger partial charge in [-0.25, -0.2) is 0 Å². The van der Waals surface area contributed by atoms with Crippen molar-refractivity contribution < 1.29 is 132 Å². The van der Waals surface area contributed by atoms with E-state index >= 15 is 0 Å². The fourth-order valence-corrected chi connectivity index (χ4v) is 0. The summed E-state index contributed by atoms with van der Waals surface area (Å²) in [6, 6.07) is 0. The number of rotatable bonds is 0. The van der Waals surface area contributed by atoms with Gasteiger partial charge < -0.3 is 5.11 Å². The molecule has 0 rings (SSSR count). The normalized spacial score (nSPS) is 6.33. The summed E-state index contributed by atoms with van der Waals surface area (Å²) >= 11 is -9.56. The number of carboxylic acids is 1. The molecule has 19 heteroatoms. The summed E-state index contributed by atoms with van der Waals surface area (Å²) in [6.45, 7) is 1.08. The summed E-state index contributed by atoms with van der Waals surface area (Å²) < 4.78 is 65.8. The van der Waals surface area contributed by atoms with E-state index in [2.05, 4.69) is 0 Å². The van der Waals surface area contributed by atoms with Crippen LogP contribution in [0, 0.1) is 0 Å². The van der Waals surface area contributed by atoms with Gasteiger partial charge in [0, 0.05) is 92.3 Å². The summed E-state index contributed by atoms with van der Waals surface area (Å²) in [6.07, 6.45) is 0. The second kappa shape index (κ2) is 49.5. The molecule has 0 heterocycles. The van der Waals surface area contributed by atoms with Crippen LogP contribution >= 0.6 is 0 Å². The maximum Gasteiger partial charge on any atom is 0 e. The van der Waals surface area contributed by atoms with Gasteiger partial charge in [-0.3, -0.25) is 4.79 Å². The van der Waals surface area contributed by atoms with Crippen LogP contribution in [0.25, 0.3) is 0 Å². The SMILES string of the molecule is CC(=O)O.O[As](O)O.O[As](O)O.O[As](O)O.[Cu].[Cu].[Cu].[Cu].[Cu]. The molecular weight excluding hydrogens is 743 g/mol. The van der Waals surface area contributed by atoms with E-state index in [1.54, 1.807) is 0 Å². The molecule has 0 saturated carbocycles. The van der Waals surface area contributed by atoms with Crippen molar-refractivity contribution >= 4 is 53.0 Å². The molecule has 0 aliphatic heterocycles. The van der Waals surface area contributed by atoms with Crippen molar-refractivity contribution in [2.24, 2.45) is 0 Å². The van der Waals surface area contributed by atoms with Crippen LogP contribution in [0.15, 0.2) is 0 Å². The molecule has 0 atom stereocenters.